The maximum Gasteiger partial charge on any atom is 0.321 e. The first-order valence-corrected chi connectivity index (χ1v) is 7.59. The van der Waals surface area contributed by atoms with E-state index in [0.29, 0.717) is 22.3 Å². The molecule has 1 rings (SSSR count). The standard InChI is InChI=1S/C14H18Cl2N4O3/c1-3-17-14(23)19-12(22)8-20(2)7-11(21)18-13-9(15)5-4-6-10(13)16/h4-6H,3,7-8H2,1-2H3,(H,18,21)(H2,17,19,22,23). The first-order chi connectivity index (χ1) is 10.8. The zero-order valence-corrected chi connectivity index (χ0v) is 14.3. The van der Waals surface area contributed by atoms with Crippen LogP contribution in [0.4, 0.5) is 10.5 Å². The van der Waals surface area contributed by atoms with E-state index in [1.807, 2.05) is 0 Å². The van der Waals surface area contributed by atoms with Crippen molar-refractivity contribution in [2.75, 3.05) is 32.0 Å². The molecule has 0 radical (unpaired) electrons. The Morgan fingerprint density at radius 1 is 1.09 bits per heavy atom. The third-order valence-corrected chi connectivity index (χ3v) is 3.27. The summed E-state index contributed by atoms with van der Waals surface area (Å²) in [6.07, 6.45) is 0. The summed E-state index contributed by atoms with van der Waals surface area (Å²) < 4.78 is 0. The molecule has 1 aromatic rings. The third kappa shape index (κ3) is 6.85. The molecule has 7 nitrogen and oxygen atoms in total. The molecule has 0 aliphatic rings. The fraction of sp³-hybridized carbons (Fsp3) is 0.357. The molecule has 0 bridgehead atoms. The number of hydrogen-bond acceptors (Lipinski definition) is 4. The van der Waals surface area contributed by atoms with Crippen LogP contribution in [0.2, 0.25) is 10.0 Å². The molecular formula is C14H18Cl2N4O3. The van der Waals surface area contributed by atoms with Crippen molar-refractivity contribution >= 4 is 46.7 Å². The van der Waals surface area contributed by atoms with E-state index < -0.39 is 11.9 Å². The average Bonchev–Trinajstić information content (AvgIpc) is 2.42. The SMILES string of the molecule is CCNC(=O)NC(=O)CN(C)CC(=O)Nc1c(Cl)cccc1Cl. The van der Waals surface area contributed by atoms with E-state index in [4.69, 9.17) is 23.2 Å². The minimum Gasteiger partial charge on any atom is -0.338 e. The van der Waals surface area contributed by atoms with Crippen LogP contribution in [-0.4, -0.2) is 49.4 Å². The van der Waals surface area contributed by atoms with Crippen molar-refractivity contribution in [2.45, 2.75) is 6.92 Å². The Kier molecular flexibility index (Phi) is 7.80. The minimum atomic E-state index is -0.571. The van der Waals surface area contributed by atoms with E-state index in [0.717, 1.165) is 0 Å². The van der Waals surface area contributed by atoms with Crippen molar-refractivity contribution in [1.82, 2.24) is 15.5 Å². The Labute approximate surface area is 144 Å². The predicted octanol–water partition coefficient (Wildman–Crippen LogP) is 1.71. The van der Waals surface area contributed by atoms with E-state index in [2.05, 4.69) is 16.0 Å². The minimum absolute atomic E-state index is 0.0651. The van der Waals surface area contributed by atoms with Crippen LogP contribution in [0.1, 0.15) is 6.92 Å². The van der Waals surface area contributed by atoms with Gasteiger partial charge in [0.1, 0.15) is 0 Å². The lowest BCUT2D eigenvalue weighted by Crippen LogP contribution is -2.44. The van der Waals surface area contributed by atoms with Gasteiger partial charge < -0.3 is 10.6 Å². The molecule has 0 aliphatic heterocycles. The fourth-order valence-electron chi connectivity index (χ4n) is 1.71. The monoisotopic (exact) mass is 360 g/mol. The third-order valence-electron chi connectivity index (χ3n) is 2.64. The Morgan fingerprint density at radius 3 is 2.22 bits per heavy atom. The molecule has 0 spiro atoms. The number of likely N-dealkylation sites (N-methyl/N-ethyl adjacent to an activating group) is 1. The predicted molar refractivity (Wildman–Crippen MR) is 89.8 cm³/mol. The van der Waals surface area contributed by atoms with Crippen molar-refractivity contribution in [3.05, 3.63) is 28.2 Å². The zero-order chi connectivity index (χ0) is 17.4. The molecule has 0 fully saturated rings. The molecule has 0 aromatic heterocycles. The van der Waals surface area contributed by atoms with Crippen LogP contribution in [0.3, 0.4) is 0 Å². The van der Waals surface area contributed by atoms with E-state index in [1.165, 1.54) is 4.90 Å². The number of hydrogen-bond donors (Lipinski definition) is 3. The number of rotatable bonds is 6. The first-order valence-electron chi connectivity index (χ1n) is 6.83. The number of benzene rings is 1. The number of nitrogens with zero attached hydrogens (tertiary/aromatic N) is 1. The Bertz CT molecular complexity index is 575. The molecule has 3 N–H and O–H groups in total. The van der Waals surface area contributed by atoms with Crippen LogP contribution in [0.15, 0.2) is 18.2 Å². The Balaban J connectivity index is 2.48. The maximum atomic E-state index is 12.0. The van der Waals surface area contributed by atoms with Crippen molar-refractivity contribution in [2.24, 2.45) is 0 Å². The average molecular weight is 361 g/mol. The van der Waals surface area contributed by atoms with Gasteiger partial charge in [-0.25, -0.2) is 4.79 Å². The summed E-state index contributed by atoms with van der Waals surface area (Å²) >= 11 is 11.9. The smallest absolute Gasteiger partial charge is 0.321 e. The number of imide groups is 1. The number of carbonyl (C=O) groups excluding carboxylic acids is 3. The molecule has 0 saturated heterocycles. The highest BCUT2D eigenvalue weighted by atomic mass is 35.5. The van der Waals surface area contributed by atoms with Gasteiger partial charge in [0.2, 0.25) is 11.8 Å². The molecule has 23 heavy (non-hydrogen) atoms. The second-order valence-electron chi connectivity index (χ2n) is 4.72. The molecular weight excluding hydrogens is 343 g/mol. The highest BCUT2D eigenvalue weighted by Crippen LogP contribution is 2.29. The largest absolute Gasteiger partial charge is 0.338 e. The summed E-state index contributed by atoms with van der Waals surface area (Å²) in [4.78, 5) is 36.2. The number of carbonyl (C=O) groups is 3. The molecule has 0 aliphatic carbocycles. The second-order valence-corrected chi connectivity index (χ2v) is 5.54. The normalized spacial score (nSPS) is 10.3. The Hall–Kier alpha value is -1.83. The number of halogens is 2. The summed E-state index contributed by atoms with van der Waals surface area (Å²) in [5, 5.41) is 7.82. The van der Waals surface area contributed by atoms with Crippen LogP contribution in [0.25, 0.3) is 0 Å². The first kappa shape index (κ1) is 19.2. The molecule has 4 amide bonds. The highest BCUT2D eigenvalue weighted by Gasteiger charge is 2.14. The van der Waals surface area contributed by atoms with Gasteiger partial charge in [0.15, 0.2) is 0 Å². The molecule has 0 atom stereocenters. The molecule has 0 saturated carbocycles. The summed E-state index contributed by atoms with van der Waals surface area (Å²) in [6.45, 7) is 1.97. The van der Waals surface area contributed by atoms with Gasteiger partial charge in [-0.05, 0) is 26.1 Å². The number of para-hydroxylation sites is 1. The number of anilines is 1. The van der Waals surface area contributed by atoms with Crippen molar-refractivity contribution in [3.63, 3.8) is 0 Å². The van der Waals surface area contributed by atoms with E-state index in [1.54, 1.807) is 32.2 Å². The second kappa shape index (κ2) is 9.34. The lowest BCUT2D eigenvalue weighted by atomic mass is 10.3. The van der Waals surface area contributed by atoms with Crippen LogP contribution in [0.5, 0.6) is 0 Å². The van der Waals surface area contributed by atoms with Crippen molar-refractivity contribution in [3.8, 4) is 0 Å². The quantitative estimate of drug-likeness (QED) is 0.720. The van der Waals surface area contributed by atoms with Gasteiger partial charge in [-0.1, -0.05) is 29.3 Å². The number of urea groups is 1. The Morgan fingerprint density at radius 2 is 1.65 bits per heavy atom. The van der Waals surface area contributed by atoms with Crippen LogP contribution >= 0.6 is 23.2 Å². The lowest BCUT2D eigenvalue weighted by molar-refractivity contribution is -0.122. The summed E-state index contributed by atoms with van der Waals surface area (Å²) in [5.41, 5.74) is 0.320. The molecule has 0 heterocycles. The van der Waals surface area contributed by atoms with E-state index >= 15 is 0 Å². The molecule has 0 unspecified atom stereocenters. The van der Waals surface area contributed by atoms with Gasteiger partial charge in [-0.2, -0.15) is 0 Å². The molecule has 9 heteroatoms. The van der Waals surface area contributed by atoms with Crippen molar-refractivity contribution < 1.29 is 14.4 Å². The maximum absolute atomic E-state index is 12.0. The number of nitrogens with one attached hydrogen (secondary N) is 3. The van der Waals surface area contributed by atoms with Gasteiger partial charge >= 0.3 is 6.03 Å². The highest BCUT2D eigenvalue weighted by molar-refractivity contribution is 6.39. The molecule has 126 valence electrons. The van der Waals surface area contributed by atoms with E-state index in [-0.39, 0.29) is 19.0 Å². The van der Waals surface area contributed by atoms with Gasteiger partial charge in [0.25, 0.3) is 0 Å². The van der Waals surface area contributed by atoms with Crippen molar-refractivity contribution in [1.29, 1.82) is 0 Å². The van der Waals surface area contributed by atoms with E-state index in [9.17, 15) is 14.4 Å². The lowest BCUT2D eigenvalue weighted by Gasteiger charge is -2.16. The van der Waals surface area contributed by atoms with Gasteiger partial charge in [-0.3, -0.25) is 19.8 Å². The summed E-state index contributed by atoms with van der Waals surface area (Å²) in [5.74, 6) is -0.893. The fourth-order valence-corrected chi connectivity index (χ4v) is 2.21. The van der Waals surface area contributed by atoms with Crippen LogP contribution in [0, 0.1) is 0 Å². The summed E-state index contributed by atoms with van der Waals surface area (Å²) in [6, 6.07) is 4.30. The summed E-state index contributed by atoms with van der Waals surface area (Å²) in [7, 11) is 1.57. The number of amides is 4. The van der Waals surface area contributed by atoms with Crippen LogP contribution in [-0.2, 0) is 9.59 Å². The molecule has 1 aromatic carbocycles. The van der Waals surface area contributed by atoms with Gasteiger partial charge in [-0.15, -0.1) is 0 Å². The van der Waals surface area contributed by atoms with Crippen LogP contribution < -0.4 is 16.0 Å². The topological polar surface area (TPSA) is 90.5 Å². The zero-order valence-electron chi connectivity index (χ0n) is 12.8. The van der Waals surface area contributed by atoms with Gasteiger partial charge in [0.05, 0.1) is 28.8 Å². The van der Waals surface area contributed by atoms with Gasteiger partial charge in [0, 0.05) is 6.54 Å².